The molecular formula is C15H32N2S. The standard InChI is InChI=1S/C15H32N2S/c1-7-14(3,4)16-12-13(2)17-9-8-15(5,6)18-11-10-17/h13,16H,7-12H2,1-6H3. The zero-order chi connectivity index (χ0) is 13.8. The lowest BCUT2D eigenvalue weighted by atomic mass is 10.0. The molecule has 1 N–H and O–H groups in total. The minimum absolute atomic E-state index is 0.272. The molecule has 0 saturated carbocycles. The maximum absolute atomic E-state index is 3.70. The van der Waals surface area contributed by atoms with E-state index in [0.717, 1.165) is 6.54 Å². The molecule has 108 valence electrons. The summed E-state index contributed by atoms with van der Waals surface area (Å²) in [5.74, 6) is 1.27. The van der Waals surface area contributed by atoms with E-state index in [2.05, 4.69) is 63.5 Å². The number of hydrogen-bond donors (Lipinski definition) is 1. The summed E-state index contributed by atoms with van der Waals surface area (Å²) >= 11 is 2.13. The Morgan fingerprint density at radius 2 is 2.00 bits per heavy atom. The van der Waals surface area contributed by atoms with Gasteiger partial charge in [-0.2, -0.15) is 11.8 Å². The van der Waals surface area contributed by atoms with Crippen LogP contribution in [-0.4, -0.2) is 46.6 Å². The SMILES string of the molecule is CCC(C)(C)NCC(C)N1CCSC(C)(C)CC1. The highest BCUT2D eigenvalue weighted by molar-refractivity contribution is 8.00. The van der Waals surface area contributed by atoms with Crippen molar-refractivity contribution < 1.29 is 0 Å². The molecule has 1 aliphatic rings. The Bertz CT molecular complexity index is 251. The number of nitrogens with zero attached hydrogens (tertiary/aromatic N) is 1. The van der Waals surface area contributed by atoms with Gasteiger partial charge >= 0.3 is 0 Å². The molecule has 18 heavy (non-hydrogen) atoms. The Labute approximate surface area is 118 Å². The van der Waals surface area contributed by atoms with Crippen molar-refractivity contribution >= 4 is 11.8 Å². The van der Waals surface area contributed by atoms with Crippen molar-refractivity contribution in [1.82, 2.24) is 10.2 Å². The van der Waals surface area contributed by atoms with Gasteiger partial charge in [0.2, 0.25) is 0 Å². The Kier molecular flexibility index (Phi) is 6.01. The Balaban J connectivity index is 2.40. The zero-order valence-corrected chi connectivity index (χ0v) is 14.0. The van der Waals surface area contributed by atoms with Crippen LogP contribution in [0.5, 0.6) is 0 Å². The van der Waals surface area contributed by atoms with Gasteiger partial charge in [-0.15, -0.1) is 0 Å². The lowest BCUT2D eigenvalue weighted by molar-refractivity contribution is 0.199. The smallest absolute Gasteiger partial charge is 0.0192 e. The second-order valence-corrected chi connectivity index (χ2v) is 8.66. The van der Waals surface area contributed by atoms with Crippen LogP contribution >= 0.6 is 11.8 Å². The highest BCUT2D eigenvalue weighted by Crippen LogP contribution is 2.31. The molecule has 1 atom stereocenters. The second kappa shape index (κ2) is 6.62. The van der Waals surface area contributed by atoms with Crippen molar-refractivity contribution in [3.8, 4) is 0 Å². The monoisotopic (exact) mass is 272 g/mol. The molecule has 0 radical (unpaired) electrons. The average molecular weight is 273 g/mol. The van der Waals surface area contributed by atoms with Crippen LogP contribution in [-0.2, 0) is 0 Å². The molecule has 1 rings (SSSR count). The quantitative estimate of drug-likeness (QED) is 0.826. The van der Waals surface area contributed by atoms with Crippen LogP contribution in [0.1, 0.15) is 54.4 Å². The van der Waals surface area contributed by atoms with Gasteiger partial charge in [0.25, 0.3) is 0 Å². The van der Waals surface area contributed by atoms with Gasteiger partial charge in [0, 0.05) is 35.2 Å². The predicted molar refractivity (Wildman–Crippen MR) is 84.6 cm³/mol. The molecule has 0 aromatic carbocycles. The minimum Gasteiger partial charge on any atom is -0.310 e. The van der Waals surface area contributed by atoms with Crippen molar-refractivity contribution in [2.45, 2.75) is 70.7 Å². The van der Waals surface area contributed by atoms with Crippen molar-refractivity contribution in [2.75, 3.05) is 25.4 Å². The van der Waals surface area contributed by atoms with E-state index in [1.165, 1.54) is 31.7 Å². The molecule has 1 heterocycles. The van der Waals surface area contributed by atoms with Crippen LogP contribution in [0, 0.1) is 0 Å². The van der Waals surface area contributed by atoms with E-state index in [1.54, 1.807) is 0 Å². The number of rotatable bonds is 5. The maximum Gasteiger partial charge on any atom is 0.0192 e. The van der Waals surface area contributed by atoms with Crippen LogP contribution in [0.15, 0.2) is 0 Å². The summed E-state index contributed by atoms with van der Waals surface area (Å²) in [7, 11) is 0. The number of hydrogen-bond acceptors (Lipinski definition) is 3. The van der Waals surface area contributed by atoms with Crippen LogP contribution in [0.2, 0.25) is 0 Å². The first-order valence-corrected chi connectivity index (χ1v) is 8.37. The van der Waals surface area contributed by atoms with E-state index in [-0.39, 0.29) is 5.54 Å². The molecule has 0 bridgehead atoms. The van der Waals surface area contributed by atoms with Crippen LogP contribution < -0.4 is 5.32 Å². The maximum atomic E-state index is 3.70. The van der Waals surface area contributed by atoms with E-state index in [9.17, 15) is 0 Å². The van der Waals surface area contributed by atoms with Crippen molar-refractivity contribution in [2.24, 2.45) is 0 Å². The largest absolute Gasteiger partial charge is 0.310 e. The first kappa shape index (κ1) is 16.3. The molecule has 1 saturated heterocycles. The average Bonchev–Trinajstić information content (AvgIpc) is 2.47. The van der Waals surface area contributed by atoms with E-state index in [4.69, 9.17) is 0 Å². The Morgan fingerprint density at radius 1 is 1.33 bits per heavy atom. The molecule has 0 aromatic rings. The lowest BCUT2D eigenvalue weighted by Gasteiger charge is -2.32. The Morgan fingerprint density at radius 3 is 2.61 bits per heavy atom. The molecule has 3 heteroatoms. The summed E-state index contributed by atoms with van der Waals surface area (Å²) in [4.78, 5) is 2.65. The van der Waals surface area contributed by atoms with Crippen molar-refractivity contribution in [3.05, 3.63) is 0 Å². The van der Waals surface area contributed by atoms with Crippen LogP contribution in [0.3, 0.4) is 0 Å². The summed E-state index contributed by atoms with van der Waals surface area (Å²) in [6.07, 6.45) is 2.49. The third-order valence-electron chi connectivity index (χ3n) is 4.26. The zero-order valence-electron chi connectivity index (χ0n) is 13.2. The van der Waals surface area contributed by atoms with E-state index < -0.39 is 0 Å². The fraction of sp³-hybridized carbons (Fsp3) is 1.00. The van der Waals surface area contributed by atoms with Crippen molar-refractivity contribution in [1.29, 1.82) is 0 Å². The fourth-order valence-corrected chi connectivity index (χ4v) is 3.27. The van der Waals surface area contributed by atoms with Gasteiger partial charge in [-0.25, -0.2) is 0 Å². The minimum atomic E-state index is 0.272. The second-order valence-electron chi connectivity index (χ2n) is 6.86. The number of thioether (sulfide) groups is 1. The molecule has 0 spiro atoms. The molecule has 0 aromatic heterocycles. The normalized spacial score (nSPS) is 23.7. The molecular weight excluding hydrogens is 240 g/mol. The molecule has 1 fully saturated rings. The molecule has 1 aliphatic heterocycles. The van der Waals surface area contributed by atoms with Gasteiger partial charge in [-0.1, -0.05) is 20.8 Å². The third kappa shape index (κ3) is 5.50. The summed E-state index contributed by atoms with van der Waals surface area (Å²) in [5.41, 5.74) is 0.272. The highest BCUT2D eigenvalue weighted by atomic mass is 32.2. The van der Waals surface area contributed by atoms with Gasteiger partial charge in [0.1, 0.15) is 0 Å². The lowest BCUT2D eigenvalue weighted by Crippen LogP contribution is -2.48. The predicted octanol–water partition coefficient (Wildman–Crippen LogP) is 3.37. The summed E-state index contributed by atoms with van der Waals surface area (Å²) in [5, 5.41) is 3.70. The van der Waals surface area contributed by atoms with E-state index in [1.807, 2.05) is 0 Å². The first-order chi connectivity index (χ1) is 8.26. The van der Waals surface area contributed by atoms with Gasteiger partial charge in [-0.3, -0.25) is 4.90 Å². The number of nitrogens with one attached hydrogen (secondary N) is 1. The molecule has 0 amide bonds. The molecule has 2 nitrogen and oxygen atoms in total. The molecule has 0 aliphatic carbocycles. The topological polar surface area (TPSA) is 15.3 Å². The Hall–Kier alpha value is 0.270. The molecule has 1 unspecified atom stereocenters. The third-order valence-corrected chi connectivity index (χ3v) is 5.63. The van der Waals surface area contributed by atoms with Gasteiger partial charge < -0.3 is 5.32 Å². The van der Waals surface area contributed by atoms with Crippen molar-refractivity contribution in [3.63, 3.8) is 0 Å². The fourth-order valence-electron chi connectivity index (χ4n) is 2.15. The summed E-state index contributed by atoms with van der Waals surface area (Å²) < 4.78 is 0.463. The summed E-state index contributed by atoms with van der Waals surface area (Å²) in [6.45, 7) is 17.5. The van der Waals surface area contributed by atoms with Crippen LogP contribution in [0.4, 0.5) is 0 Å². The van der Waals surface area contributed by atoms with Gasteiger partial charge in [0.05, 0.1) is 0 Å². The van der Waals surface area contributed by atoms with E-state index >= 15 is 0 Å². The van der Waals surface area contributed by atoms with E-state index in [0.29, 0.717) is 10.8 Å². The first-order valence-electron chi connectivity index (χ1n) is 7.39. The van der Waals surface area contributed by atoms with Gasteiger partial charge in [0.15, 0.2) is 0 Å². The van der Waals surface area contributed by atoms with Gasteiger partial charge in [-0.05, 0) is 40.2 Å². The van der Waals surface area contributed by atoms with Crippen LogP contribution in [0.25, 0.3) is 0 Å². The highest BCUT2D eigenvalue weighted by Gasteiger charge is 2.26. The summed E-state index contributed by atoms with van der Waals surface area (Å²) in [6, 6.07) is 0.644.